The maximum absolute atomic E-state index is 11.7. The van der Waals surface area contributed by atoms with Gasteiger partial charge in [-0.2, -0.15) is 0 Å². The predicted molar refractivity (Wildman–Crippen MR) is 55.5 cm³/mol. The molecular weight excluding hydrogens is 190 g/mol. The molecule has 0 unspecified atom stereocenters. The van der Waals surface area contributed by atoms with Gasteiger partial charge in [0.1, 0.15) is 11.6 Å². The standard InChI is InChI=1S/C11H7N3O/c15-11-8-4-3-6-12-10(8)14-7-2-1-5-9(14)13-11/h1-7H/p+1. The molecule has 15 heavy (non-hydrogen) atoms. The summed E-state index contributed by atoms with van der Waals surface area (Å²) in [4.78, 5) is 18.7. The molecule has 0 amide bonds. The van der Waals surface area contributed by atoms with Crippen molar-refractivity contribution in [3.63, 3.8) is 0 Å². The molecule has 3 aromatic heterocycles. The Labute approximate surface area is 84.8 Å². The fourth-order valence-electron chi connectivity index (χ4n) is 1.68. The van der Waals surface area contributed by atoms with Gasteiger partial charge >= 0.3 is 5.56 Å². The zero-order valence-corrected chi connectivity index (χ0v) is 7.84. The summed E-state index contributed by atoms with van der Waals surface area (Å²) in [6.07, 6.45) is 3.56. The van der Waals surface area contributed by atoms with Gasteiger partial charge in [0.05, 0.1) is 6.20 Å². The van der Waals surface area contributed by atoms with Crippen molar-refractivity contribution in [2.45, 2.75) is 0 Å². The molecule has 0 radical (unpaired) electrons. The molecule has 1 N–H and O–H groups in total. The molecule has 0 saturated carbocycles. The van der Waals surface area contributed by atoms with Crippen molar-refractivity contribution in [1.82, 2.24) is 9.97 Å². The highest BCUT2D eigenvalue weighted by Gasteiger charge is 2.10. The molecule has 0 aromatic carbocycles. The van der Waals surface area contributed by atoms with Crippen LogP contribution in [0.25, 0.3) is 16.7 Å². The normalized spacial score (nSPS) is 10.9. The fraction of sp³-hybridized carbons (Fsp3) is 0. The lowest BCUT2D eigenvalue weighted by molar-refractivity contribution is -0.487. The first-order chi connectivity index (χ1) is 7.36. The maximum Gasteiger partial charge on any atom is 0.318 e. The van der Waals surface area contributed by atoms with Crippen LogP contribution in [0, 0.1) is 0 Å². The third-order valence-corrected chi connectivity index (χ3v) is 2.36. The second-order valence-electron chi connectivity index (χ2n) is 3.28. The second kappa shape index (κ2) is 2.88. The highest BCUT2D eigenvalue weighted by atomic mass is 16.1. The smallest absolute Gasteiger partial charge is 0.250 e. The van der Waals surface area contributed by atoms with Gasteiger partial charge < -0.3 is 0 Å². The molecule has 72 valence electrons. The van der Waals surface area contributed by atoms with E-state index in [1.165, 1.54) is 0 Å². The molecule has 0 aliphatic heterocycles. The Morgan fingerprint density at radius 1 is 1.20 bits per heavy atom. The zero-order chi connectivity index (χ0) is 10.3. The summed E-state index contributed by atoms with van der Waals surface area (Å²) in [7, 11) is 0. The molecule has 0 bridgehead atoms. The van der Waals surface area contributed by atoms with Gasteiger partial charge in [-0.05, 0) is 18.2 Å². The average Bonchev–Trinajstić information content (AvgIpc) is 2.30. The summed E-state index contributed by atoms with van der Waals surface area (Å²) >= 11 is 0. The molecule has 4 nitrogen and oxygen atoms in total. The first-order valence-corrected chi connectivity index (χ1v) is 4.64. The lowest BCUT2D eigenvalue weighted by Crippen LogP contribution is -2.29. The summed E-state index contributed by atoms with van der Waals surface area (Å²) in [5.41, 5.74) is 1.31. The molecule has 4 heteroatoms. The van der Waals surface area contributed by atoms with E-state index in [2.05, 4.69) is 9.97 Å². The Bertz CT molecular complexity index is 703. The average molecular weight is 198 g/mol. The summed E-state index contributed by atoms with van der Waals surface area (Å²) in [6.45, 7) is 0. The van der Waals surface area contributed by atoms with Crippen LogP contribution < -0.4 is 9.96 Å². The molecule has 3 rings (SSSR count). The summed E-state index contributed by atoms with van der Waals surface area (Å²) in [5, 5.41) is 0.598. The van der Waals surface area contributed by atoms with E-state index < -0.39 is 0 Å². The van der Waals surface area contributed by atoms with Crippen LogP contribution >= 0.6 is 0 Å². The van der Waals surface area contributed by atoms with Gasteiger partial charge in [0.2, 0.25) is 5.65 Å². The number of pyridine rings is 2. The van der Waals surface area contributed by atoms with Crippen LogP contribution in [0.15, 0.2) is 47.5 Å². The quantitative estimate of drug-likeness (QED) is 0.426. The summed E-state index contributed by atoms with van der Waals surface area (Å²) in [6, 6.07) is 9.14. The van der Waals surface area contributed by atoms with Crippen LogP contribution in [-0.4, -0.2) is 9.97 Å². The minimum Gasteiger partial charge on any atom is -0.250 e. The number of hydrogen-bond acceptors (Lipinski definition) is 2. The van der Waals surface area contributed by atoms with Crippen LogP contribution in [0.1, 0.15) is 0 Å². The van der Waals surface area contributed by atoms with Gasteiger partial charge in [-0.25, -0.2) is 9.38 Å². The Balaban J connectivity index is 2.70. The van der Waals surface area contributed by atoms with E-state index in [0.29, 0.717) is 11.0 Å². The minimum absolute atomic E-state index is 0.107. The second-order valence-corrected chi connectivity index (χ2v) is 3.28. The summed E-state index contributed by atoms with van der Waals surface area (Å²) in [5.74, 6) is 0. The first kappa shape index (κ1) is 8.11. The van der Waals surface area contributed by atoms with Crippen LogP contribution in [0.2, 0.25) is 0 Å². The van der Waals surface area contributed by atoms with Crippen molar-refractivity contribution in [2.24, 2.45) is 0 Å². The van der Waals surface area contributed by atoms with Crippen molar-refractivity contribution in [3.8, 4) is 0 Å². The summed E-state index contributed by atoms with van der Waals surface area (Å²) < 4.78 is 1.86. The monoisotopic (exact) mass is 198 g/mol. The number of aromatic nitrogens is 3. The van der Waals surface area contributed by atoms with Crippen molar-refractivity contribution in [1.29, 1.82) is 0 Å². The molecule has 0 saturated heterocycles. The molecule has 0 aliphatic carbocycles. The minimum atomic E-state index is -0.107. The van der Waals surface area contributed by atoms with E-state index in [9.17, 15) is 4.79 Å². The van der Waals surface area contributed by atoms with Crippen molar-refractivity contribution >= 4 is 16.7 Å². The van der Waals surface area contributed by atoms with Gasteiger partial charge in [-0.1, -0.05) is 6.07 Å². The number of aromatic amines is 1. The van der Waals surface area contributed by atoms with Crippen molar-refractivity contribution in [3.05, 3.63) is 53.1 Å². The number of hydrogen-bond donors (Lipinski definition) is 1. The molecule has 0 fully saturated rings. The van der Waals surface area contributed by atoms with Crippen LogP contribution in [0.5, 0.6) is 0 Å². The van der Waals surface area contributed by atoms with Crippen LogP contribution in [0.4, 0.5) is 0 Å². The Kier molecular flexibility index (Phi) is 1.56. The van der Waals surface area contributed by atoms with Crippen molar-refractivity contribution < 1.29 is 4.40 Å². The fourth-order valence-corrected chi connectivity index (χ4v) is 1.68. The highest BCUT2D eigenvalue weighted by molar-refractivity contribution is 5.70. The maximum atomic E-state index is 11.7. The number of H-pyrrole nitrogens is 1. The molecule has 0 spiro atoms. The van der Waals surface area contributed by atoms with E-state index >= 15 is 0 Å². The largest absolute Gasteiger partial charge is 0.318 e. The molecule has 3 aromatic rings. The van der Waals surface area contributed by atoms with Gasteiger partial charge in [-0.15, -0.1) is 4.98 Å². The Hall–Kier alpha value is -2.23. The Morgan fingerprint density at radius 3 is 3.07 bits per heavy atom. The number of rotatable bonds is 0. The van der Waals surface area contributed by atoms with Gasteiger partial charge in [0.15, 0.2) is 0 Å². The Morgan fingerprint density at radius 2 is 2.13 bits per heavy atom. The van der Waals surface area contributed by atoms with E-state index in [-0.39, 0.29) is 5.56 Å². The first-order valence-electron chi connectivity index (χ1n) is 4.64. The highest BCUT2D eigenvalue weighted by Crippen LogP contribution is 2.00. The van der Waals surface area contributed by atoms with Gasteiger partial charge in [-0.3, -0.25) is 4.79 Å². The number of nitrogens with zero attached hydrogens (tertiary/aromatic N) is 2. The third kappa shape index (κ3) is 1.11. The molecule has 0 aliphatic rings. The molecule has 3 heterocycles. The predicted octanol–water partition coefficient (Wildman–Crippen LogP) is 0.662. The van der Waals surface area contributed by atoms with Crippen molar-refractivity contribution in [2.75, 3.05) is 0 Å². The molecule has 0 atom stereocenters. The number of fused-ring (bicyclic) bond motifs is 3. The van der Waals surface area contributed by atoms with Gasteiger partial charge in [0, 0.05) is 6.07 Å². The lowest BCUT2D eigenvalue weighted by Gasteiger charge is -1.96. The van der Waals surface area contributed by atoms with Crippen LogP contribution in [0.3, 0.4) is 0 Å². The van der Waals surface area contributed by atoms with Gasteiger partial charge in [0.25, 0.3) is 5.65 Å². The zero-order valence-electron chi connectivity index (χ0n) is 7.84. The third-order valence-electron chi connectivity index (χ3n) is 2.36. The topological polar surface area (TPSA) is 49.9 Å². The van der Waals surface area contributed by atoms with E-state index in [4.69, 9.17) is 0 Å². The van der Waals surface area contributed by atoms with E-state index in [1.807, 2.05) is 28.8 Å². The van der Waals surface area contributed by atoms with E-state index in [0.717, 1.165) is 5.65 Å². The van der Waals surface area contributed by atoms with E-state index in [1.54, 1.807) is 18.3 Å². The SMILES string of the molecule is O=c1[nH]c2cccc[n+]2c2ncccc12. The number of nitrogens with one attached hydrogen (secondary N) is 1. The van der Waals surface area contributed by atoms with Crippen LogP contribution in [-0.2, 0) is 0 Å². The lowest BCUT2D eigenvalue weighted by atomic mass is 10.3. The molecular formula is C11H8N3O+.